The van der Waals surface area contributed by atoms with Gasteiger partial charge in [0.15, 0.2) is 11.5 Å². The first-order chi connectivity index (χ1) is 14.8. The molecule has 1 aromatic heterocycles. The Labute approximate surface area is 182 Å². The average Bonchev–Trinajstić information content (AvgIpc) is 3.34. The monoisotopic (exact) mass is 426 g/mol. The lowest BCUT2D eigenvalue weighted by Crippen LogP contribution is -2.36. The van der Waals surface area contributed by atoms with E-state index in [1.54, 1.807) is 6.07 Å². The Morgan fingerprint density at radius 1 is 1.26 bits per heavy atom. The van der Waals surface area contributed by atoms with Gasteiger partial charge in [-0.05, 0) is 56.3 Å². The van der Waals surface area contributed by atoms with Crippen molar-refractivity contribution < 1.29 is 23.8 Å². The minimum Gasteiger partial charge on any atom is -0.503 e. The van der Waals surface area contributed by atoms with Gasteiger partial charge >= 0.3 is 0 Å². The second kappa shape index (κ2) is 9.83. The summed E-state index contributed by atoms with van der Waals surface area (Å²) < 4.78 is 11.1. The van der Waals surface area contributed by atoms with Crippen molar-refractivity contribution in [3.05, 3.63) is 65.3 Å². The maximum absolute atomic E-state index is 13.1. The molecule has 2 heterocycles. The largest absolute Gasteiger partial charge is 0.503 e. The molecule has 1 amide bonds. The van der Waals surface area contributed by atoms with E-state index in [9.17, 15) is 14.7 Å². The number of hydrogen-bond donors (Lipinski definition) is 1. The van der Waals surface area contributed by atoms with E-state index in [0.29, 0.717) is 36.9 Å². The molecule has 2 aromatic rings. The Bertz CT molecular complexity index is 947. The molecule has 1 aliphatic heterocycles. The number of amides is 1. The fraction of sp³-hybridized carbons (Fsp3) is 0.417. The van der Waals surface area contributed by atoms with Crippen LogP contribution in [0.5, 0.6) is 5.75 Å². The third-order valence-corrected chi connectivity index (χ3v) is 5.22. The number of rotatable bonds is 10. The van der Waals surface area contributed by atoms with Crippen molar-refractivity contribution in [1.82, 2.24) is 9.80 Å². The van der Waals surface area contributed by atoms with Crippen molar-refractivity contribution in [1.29, 1.82) is 0 Å². The molecule has 1 aromatic carbocycles. The zero-order valence-electron chi connectivity index (χ0n) is 18.5. The van der Waals surface area contributed by atoms with E-state index in [-0.39, 0.29) is 11.3 Å². The molecule has 3 rings (SSSR count). The van der Waals surface area contributed by atoms with Crippen molar-refractivity contribution >= 4 is 11.7 Å². The first-order valence-electron chi connectivity index (χ1n) is 10.5. The van der Waals surface area contributed by atoms with E-state index < -0.39 is 23.5 Å². The van der Waals surface area contributed by atoms with Gasteiger partial charge in [0.1, 0.15) is 5.75 Å². The molecule has 7 nitrogen and oxygen atoms in total. The number of ether oxygens (including phenoxy) is 1. The molecule has 0 saturated carbocycles. The Kier molecular flexibility index (Phi) is 7.17. The topological polar surface area (TPSA) is 83.2 Å². The van der Waals surface area contributed by atoms with Gasteiger partial charge < -0.3 is 24.1 Å². The van der Waals surface area contributed by atoms with Crippen molar-refractivity contribution in [2.75, 3.05) is 33.8 Å². The molecule has 1 N–H and O–H groups in total. The Morgan fingerprint density at radius 2 is 2.03 bits per heavy atom. The standard InChI is InChI=1S/C24H30N2O5/c1-16(2)10-14-30-18-8-5-7-17(15-18)21-20(22(27)19-9-6-13-31-19)23(28)24(29)26(21)12-11-25(3)4/h5-9,13,15-16,21,28H,10-12,14H2,1-4H3. The van der Waals surface area contributed by atoms with Gasteiger partial charge in [-0.1, -0.05) is 26.0 Å². The van der Waals surface area contributed by atoms with Crippen LogP contribution in [0, 0.1) is 5.92 Å². The van der Waals surface area contributed by atoms with E-state index in [1.807, 2.05) is 43.3 Å². The molecule has 31 heavy (non-hydrogen) atoms. The van der Waals surface area contributed by atoms with E-state index in [4.69, 9.17) is 9.15 Å². The van der Waals surface area contributed by atoms with Crippen LogP contribution >= 0.6 is 0 Å². The number of carbonyl (C=O) groups is 2. The van der Waals surface area contributed by atoms with E-state index in [0.717, 1.165) is 6.42 Å². The highest BCUT2D eigenvalue weighted by Crippen LogP contribution is 2.39. The molecule has 166 valence electrons. The van der Waals surface area contributed by atoms with Crippen LogP contribution in [0.15, 0.2) is 58.4 Å². The van der Waals surface area contributed by atoms with Crippen LogP contribution in [0.4, 0.5) is 0 Å². The van der Waals surface area contributed by atoms with E-state index in [2.05, 4.69) is 13.8 Å². The number of benzene rings is 1. The van der Waals surface area contributed by atoms with Gasteiger partial charge in [0.25, 0.3) is 5.91 Å². The van der Waals surface area contributed by atoms with E-state index in [1.165, 1.54) is 17.2 Å². The van der Waals surface area contributed by atoms with Gasteiger partial charge in [-0.25, -0.2) is 0 Å². The summed E-state index contributed by atoms with van der Waals surface area (Å²) in [6.07, 6.45) is 2.31. The molecule has 0 aliphatic carbocycles. The third kappa shape index (κ3) is 5.17. The summed E-state index contributed by atoms with van der Waals surface area (Å²) in [5.41, 5.74) is 0.728. The van der Waals surface area contributed by atoms with Gasteiger partial charge in [0.05, 0.1) is 24.5 Å². The van der Waals surface area contributed by atoms with Crippen molar-refractivity contribution in [2.45, 2.75) is 26.3 Å². The zero-order chi connectivity index (χ0) is 22.5. The van der Waals surface area contributed by atoms with Crippen LogP contribution in [0.3, 0.4) is 0 Å². The summed E-state index contributed by atoms with van der Waals surface area (Å²) in [6.45, 7) is 5.78. The van der Waals surface area contributed by atoms with Crippen LogP contribution in [0.2, 0.25) is 0 Å². The zero-order valence-corrected chi connectivity index (χ0v) is 18.5. The number of aliphatic hydroxyl groups is 1. The average molecular weight is 427 g/mol. The van der Waals surface area contributed by atoms with Gasteiger partial charge in [0.2, 0.25) is 5.78 Å². The predicted octanol–water partition coefficient (Wildman–Crippen LogP) is 3.84. The first kappa shape index (κ1) is 22.6. The lowest BCUT2D eigenvalue weighted by Gasteiger charge is -2.28. The van der Waals surface area contributed by atoms with Crippen molar-refractivity contribution in [3.8, 4) is 5.75 Å². The summed E-state index contributed by atoms with van der Waals surface area (Å²) in [5, 5.41) is 10.6. The molecular formula is C24H30N2O5. The predicted molar refractivity (Wildman–Crippen MR) is 117 cm³/mol. The normalized spacial score (nSPS) is 16.6. The quantitative estimate of drug-likeness (QED) is 0.581. The van der Waals surface area contributed by atoms with Gasteiger partial charge in [-0.2, -0.15) is 0 Å². The fourth-order valence-corrected chi connectivity index (χ4v) is 3.50. The van der Waals surface area contributed by atoms with Crippen molar-refractivity contribution in [3.63, 3.8) is 0 Å². The molecule has 0 fully saturated rings. The summed E-state index contributed by atoms with van der Waals surface area (Å²) in [4.78, 5) is 29.5. The summed E-state index contributed by atoms with van der Waals surface area (Å²) in [7, 11) is 3.81. The maximum Gasteiger partial charge on any atom is 0.290 e. The van der Waals surface area contributed by atoms with Crippen molar-refractivity contribution in [2.24, 2.45) is 5.92 Å². The molecule has 7 heteroatoms. The third-order valence-electron chi connectivity index (χ3n) is 5.22. The molecule has 0 radical (unpaired) electrons. The highest BCUT2D eigenvalue weighted by molar-refractivity contribution is 6.15. The highest BCUT2D eigenvalue weighted by Gasteiger charge is 2.44. The minimum absolute atomic E-state index is 0.0260. The highest BCUT2D eigenvalue weighted by atomic mass is 16.5. The first-order valence-corrected chi connectivity index (χ1v) is 10.5. The minimum atomic E-state index is -0.723. The molecule has 0 spiro atoms. The number of hydrogen-bond acceptors (Lipinski definition) is 6. The molecule has 0 bridgehead atoms. The van der Waals surface area contributed by atoms with Gasteiger partial charge in [-0.15, -0.1) is 0 Å². The number of likely N-dealkylation sites (N-methyl/N-ethyl adjacent to an activating group) is 1. The Balaban J connectivity index is 1.97. The number of nitrogens with zero attached hydrogens (tertiary/aromatic N) is 2. The Morgan fingerprint density at radius 3 is 2.68 bits per heavy atom. The fourth-order valence-electron chi connectivity index (χ4n) is 3.50. The molecule has 0 saturated heterocycles. The number of ketones is 1. The smallest absolute Gasteiger partial charge is 0.290 e. The van der Waals surface area contributed by atoms with Crippen LogP contribution in [-0.2, 0) is 4.79 Å². The summed E-state index contributed by atoms with van der Waals surface area (Å²) in [6, 6.07) is 9.75. The Hall–Kier alpha value is -3.06. The van der Waals surface area contributed by atoms with Crippen LogP contribution in [0.1, 0.15) is 42.4 Å². The molecule has 1 unspecified atom stereocenters. The summed E-state index contributed by atoms with van der Waals surface area (Å²) in [5.74, 6) is -0.328. The van der Waals surface area contributed by atoms with E-state index >= 15 is 0 Å². The molecule has 1 aliphatic rings. The van der Waals surface area contributed by atoms with Crippen LogP contribution in [0.25, 0.3) is 0 Å². The number of aliphatic hydroxyl groups excluding tert-OH is 1. The number of carbonyl (C=O) groups excluding carboxylic acids is 2. The number of furan rings is 1. The lowest BCUT2D eigenvalue weighted by atomic mass is 9.95. The van der Waals surface area contributed by atoms with Crippen LogP contribution < -0.4 is 4.74 Å². The SMILES string of the molecule is CC(C)CCOc1cccc(C2C(C(=O)c3ccco3)=C(O)C(=O)N2CCN(C)C)c1. The molecular weight excluding hydrogens is 396 g/mol. The summed E-state index contributed by atoms with van der Waals surface area (Å²) >= 11 is 0. The second-order valence-corrected chi connectivity index (χ2v) is 8.38. The maximum atomic E-state index is 13.1. The number of Topliss-reactive ketones (excluding diaryl/α,β-unsaturated/α-hetero) is 1. The second-order valence-electron chi connectivity index (χ2n) is 8.38. The molecule has 1 atom stereocenters. The van der Waals surface area contributed by atoms with Gasteiger partial charge in [0, 0.05) is 13.1 Å². The lowest BCUT2D eigenvalue weighted by molar-refractivity contribution is -0.129. The van der Waals surface area contributed by atoms with Crippen LogP contribution in [-0.4, -0.2) is 60.4 Å². The van der Waals surface area contributed by atoms with Gasteiger partial charge in [-0.3, -0.25) is 9.59 Å².